The van der Waals surface area contributed by atoms with Crippen LogP contribution in [0.5, 0.6) is 0 Å². The van der Waals surface area contributed by atoms with Crippen molar-refractivity contribution in [3.05, 3.63) is 0 Å². The summed E-state index contributed by atoms with van der Waals surface area (Å²) in [4.78, 5) is 25.8. The second kappa shape index (κ2) is 8.98. The van der Waals surface area contributed by atoms with Gasteiger partial charge in [-0.05, 0) is 19.3 Å². The fraction of sp³-hybridized carbons (Fsp3) is 0.875. The number of amides is 1. The highest BCUT2D eigenvalue weighted by molar-refractivity contribution is 5.80. The molecule has 20 heavy (non-hydrogen) atoms. The Balaban J connectivity index is 2.48. The van der Waals surface area contributed by atoms with E-state index in [2.05, 4.69) is 6.92 Å². The lowest BCUT2D eigenvalue weighted by molar-refractivity contribution is -0.147. The number of hydrogen-bond donors (Lipinski definition) is 0. The number of methoxy groups -OCH3 is 1. The molecule has 1 atom stereocenters. The first-order valence-electron chi connectivity index (χ1n) is 7.96. The quantitative estimate of drug-likeness (QED) is 0.483. The molecule has 0 saturated heterocycles. The summed E-state index contributed by atoms with van der Waals surface area (Å²) in [5, 5.41) is 0. The van der Waals surface area contributed by atoms with Crippen molar-refractivity contribution in [2.75, 3.05) is 20.2 Å². The number of esters is 1. The number of ether oxygens (including phenoxy) is 1. The molecule has 0 spiro atoms. The van der Waals surface area contributed by atoms with Gasteiger partial charge in [-0.2, -0.15) is 0 Å². The molecule has 1 saturated carbocycles. The highest BCUT2D eigenvalue weighted by Gasteiger charge is 2.30. The van der Waals surface area contributed by atoms with E-state index in [4.69, 9.17) is 4.74 Å². The fourth-order valence-electron chi connectivity index (χ4n) is 2.54. The maximum absolute atomic E-state index is 12.4. The standard InChI is InChI=1S/C16H29NO3/c1-4-5-6-7-11-17(12-13(2)16(19)20-3)15(18)14-9-8-10-14/h13-14H,4-12H2,1-3H3. The average Bonchev–Trinajstić information content (AvgIpc) is 2.38. The number of hydrogen-bond acceptors (Lipinski definition) is 3. The molecule has 0 aromatic carbocycles. The van der Waals surface area contributed by atoms with Crippen LogP contribution in [-0.4, -0.2) is 37.0 Å². The fourth-order valence-corrected chi connectivity index (χ4v) is 2.54. The predicted molar refractivity (Wildman–Crippen MR) is 79.2 cm³/mol. The van der Waals surface area contributed by atoms with E-state index in [0.717, 1.165) is 38.6 Å². The normalized spacial score (nSPS) is 16.4. The van der Waals surface area contributed by atoms with Crippen LogP contribution in [0.2, 0.25) is 0 Å². The van der Waals surface area contributed by atoms with Crippen molar-refractivity contribution in [1.82, 2.24) is 4.90 Å². The molecule has 0 aromatic heterocycles. The van der Waals surface area contributed by atoms with Crippen molar-refractivity contribution in [3.63, 3.8) is 0 Å². The van der Waals surface area contributed by atoms with E-state index in [-0.39, 0.29) is 23.7 Å². The van der Waals surface area contributed by atoms with Gasteiger partial charge in [0.05, 0.1) is 13.0 Å². The Kier molecular flexibility index (Phi) is 7.63. The Morgan fingerprint density at radius 2 is 1.95 bits per heavy atom. The van der Waals surface area contributed by atoms with Gasteiger partial charge in [0.1, 0.15) is 0 Å². The summed E-state index contributed by atoms with van der Waals surface area (Å²) in [5.74, 6) is -0.0327. The van der Waals surface area contributed by atoms with Crippen LogP contribution in [0.3, 0.4) is 0 Å². The van der Waals surface area contributed by atoms with Crippen molar-refractivity contribution in [2.45, 2.75) is 58.8 Å². The second-order valence-electron chi connectivity index (χ2n) is 5.90. The Labute approximate surface area is 122 Å². The summed E-state index contributed by atoms with van der Waals surface area (Å²) in [7, 11) is 1.40. The number of rotatable bonds is 9. The topological polar surface area (TPSA) is 46.6 Å². The lowest BCUT2D eigenvalue weighted by Gasteiger charge is -2.33. The molecule has 0 aromatic rings. The highest BCUT2D eigenvalue weighted by Crippen LogP contribution is 2.28. The maximum Gasteiger partial charge on any atom is 0.310 e. The molecular weight excluding hydrogens is 254 g/mol. The molecule has 116 valence electrons. The minimum atomic E-state index is -0.241. The van der Waals surface area contributed by atoms with Crippen LogP contribution in [-0.2, 0) is 14.3 Å². The van der Waals surface area contributed by atoms with E-state index in [1.54, 1.807) is 0 Å². The zero-order valence-corrected chi connectivity index (χ0v) is 13.2. The largest absolute Gasteiger partial charge is 0.469 e. The van der Waals surface area contributed by atoms with Crippen molar-refractivity contribution in [2.24, 2.45) is 11.8 Å². The Hall–Kier alpha value is -1.06. The average molecular weight is 283 g/mol. The third-order valence-corrected chi connectivity index (χ3v) is 4.15. The summed E-state index contributed by atoms with van der Waals surface area (Å²) >= 11 is 0. The van der Waals surface area contributed by atoms with Crippen molar-refractivity contribution >= 4 is 11.9 Å². The van der Waals surface area contributed by atoms with Gasteiger partial charge in [0, 0.05) is 19.0 Å². The molecule has 4 nitrogen and oxygen atoms in total. The van der Waals surface area contributed by atoms with Crippen LogP contribution in [0.15, 0.2) is 0 Å². The molecule has 0 radical (unpaired) electrons. The summed E-state index contributed by atoms with van der Waals surface area (Å²) < 4.78 is 4.76. The van der Waals surface area contributed by atoms with Gasteiger partial charge in [0.2, 0.25) is 5.91 Å². The zero-order valence-electron chi connectivity index (χ0n) is 13.2. The molecule has 1 fully saturated rings. The molecule has 1 amide bonds. The first-order valence-corrected chi connectivity index (χ1v) is 7.96. The van der Waals surface area contributed by atoms with Crippen LogP contribution < -0.4 is 0 Å². The molecule has 0 N–H and O–H groups in total. The van der Waals surface area contributed by atoms with Crippen LogP contribution in [0.1, 0.15) is 58.8 Å². The van der Waals surface area contributed by atoms with Gasteiger partial charge in [-0.3, -0.25) is 9.59 Å². The summed E-state index contributed by atoms with van der Waals surface area (Å²) in [5.41, 5.74) is 0. The van der Waals surface area contributed by atoms with Gasteiger partial charge in [-0.1, -0.05) is 39.5 Å². The maximum atomic E-state index is 12.4. The van der Waals surface area contributed by atoms with E-state index in [1.165, 1.54) is 20.0 Å². The van der Waals surface area contributed by atoms with E-state index in [1.807, 2.05) is 11.8 Å². The third kappa shape index (κ3) is 5.14. The smallest absolute Gasteiger partial charge is 0.310 e. The van der Waals surface area contributed by atoms with Crippen molar-refractivity contribution in [1.29, 1.82) is 0 Å². The van der Waals surface area contributed by atoms with Crippen LogP contribution in [0.4, 0.5) is 0 Å². The Morgan fingerprint density at radius 3 is 2.45 bits per heavy atom. The minimum Gasteiger partial charge on any atom is -0.469 e. The number of carbonyl (C=O) groups excluding carboxylic acids is 2. The molecule has 0 bridgehead atoms. The molecule has 1 rings (SSSR count). The van der Waals surface area contributed by atoms with Gasteiger partial charge in [-0.25, -0.2) is 0 Å². The van der Waals surface area contributed by atoms with Gasteiger partial charge in [-0.15, -0.1) is 0 Å². The Morgan fingerprint density at radius 1 is 1.25 bits per heavy atom. The second-order valence-corrected chi connectivity index (χ2v) is 5.90. The van der Waals surface area contributed by atoms with E-state index in [0.29, 0.717) is 6.54 Å². The molecule has 0 aliphatic heterocycles. The first kappa shape index (κ1) is 17.0. The third-order valence-electron chi connectivity index (χ3n) is 4.15. The number of unbranched alkanes of at least 4 members (excludes halogenated alkanes) is 3. The summed E-state index contributed by atoms with van der Waals surface area (Å²) in [6.07, 6.45) is 7.76. The summed E-state index contributed by atoms with van der Waals surface area (Å²) in [6, 6.07) is 0. The molecule has 4 heteroatoms. The van der Waals surface area contributed by atoms with Crippen molar-refractivity contribution < 1.29 is 14.3 Å². The van der Waals surface area contributed by atoms with E-state index < -0.39 is 0 Å². The molecule has 1 aliphatic carbocycles. The van der Waals surface area contributed by atoms with Crippen LogP contribution in [0.25, 0.3) is 0 Å². The molecular formula is C16H29NO3. The van der Waals surface area contributed by atoms with Gasteiger partial charge in [0.15, 0.2) is 0 Å². The predicted octanol–water partition coefficient (Wildman–Crippen LogP) is 3.00. The van der Waals surface area contributed by atoms with Crippen LogP contribution in [0, 0.1) is 11.8 Å². The van der Waals surface area contributed by atoms with Gasteiger partial charge >= 0.3 is 5.97 Å². The van der Waals surface area contributed by atoms with Crippen LogP contribution >= 0.6 is 0 Å². The van der Waals surface area contributed by atoms with Crippen molar-refractivity contribution in [3.8, 4) is 0 Å². The highest BCUT2D eigenvalue weighted by atomic mass is 16.5. The van der Waals surface area contributed by atoms with Gasteiger partial charge < -0.3 is 9.64 Å². The number of nitrogens with zero attached hydrogens (tertiary/aromatic N) is 1. The minimum absolute atomic E-state index is 0.200. The monoisotopic (exact) mass is 283 g/mol. The molecule has 1 unspecified atom stereocenters. The van der Waals surface area contributed by atoms with Gasteiger partial charge in [0.25, 0.3) is 0 Å². The number of carbonyl (C=O) groups is 2. The molecule has 1 aliphatic rings. The molecule has 0 heterocycles. The lowest BCUT2D eigenvalue weighted by Crippen LogP contribution is -2.43. The van der Waals surface area contributed by atoms with E-state index in [9.17, 15) is 9.59 Å². The zero-order chi connectivity index (χ0) is 15.0. The van der Waals surface area contributed by atoms with E-state index >= 15 is 0 Å². The lowest BCUT2D eigenvalue weighted by atomic mass is 9.84. The Bertz CT molecular complexity index is 313. The SMILES string of the molecule is CCCCCCN(CC(C)C(=O)OC)C(=O)C1CCC1. The summed E-state index contributed by atoms with van der Waals surface area (Å²) in [6.45, 7) is 5.28. The first-order chi connectivity index (χ1) is 9.60.